The van der Waals surface area contributed by atoms with Crippen LogP contribution < -0.4 is 5.73 Å². The number of rotatable bonds is 4. The maximum atomic E-state index is 11.7. The first-order valence-electron chi connectivity index (χ1n) is 6.69. The standard InChI is InChI=1S/C16H15N3O3S/c1-9-5-6-10(15(21)22-2)8-12(9)13-11(4-3-7-20)14(23)19-16(17)18-13/h3-8H,1-2H3,(H3,17,18,19,23)/b4-3+. The number of carbonyl (C=O) groups excluding carboxylic acids is 2. The zero-order valence-corrected chi connectivity index (χ0v) is 13.4. The van der Waals surface area contributed by atoms with Gasteiger partial charge in [0.2, 0.25) is 0 Å². The van der Waals surface area contributed by atoms with Crippen molar-refractivity contribution >= 4 is 36.5 Å². The van der Waals surface area contributed by atoms with Gasteiger partial charge in [0.05, 0.1) is 18.4 Å². The SMILES string of the molecule is COC(=O)c1ccc(C)c(-c2[nH]c(N)nc(=S)c2/C=C/C=O)c1. The monoisotopic (exact) mass is 329 g/mol. The summed E-state index contributed by atoms with van der Waals surface area (Å²) < 4.78 is 5.00. The van der Waals surface area contributed by atoms with Crippen molar-refractivity contribution in [2.24, 2.45) is 0 Å². The highest BCUT2D eigenvalue weighted by molar-refractivity contribution is 7.71. The number of nitrogens with one attached hydrogen (secondary N) is 1. The Labute approximate surface area is 138 Å². The molecule has 0 aliphatic rings. The lowest BCUT2D eigenvalue weighted by molar-refractivity contribution is -0.104. The lowest BCUT2D eigenvalue weighted by atomic mass is 9.99. The molecule has 0 unspecified atom stereocenters. The van der Waals surface area contributed by atoms with Crippen molar-refractivity contribution in [2.45, 2.75) is 6.92 Å². The lowest BCUT2D eigenvalue weighted by Gasteiger charge is -2.12. The summed E-state index contributed by atoms with van der Waals surface area (Å²) >= 11 is 5.22. The molecule has 2 rings (SSSR count). The average molecular weight is 329 g/mol. The summed E-state index contributed by atoms with van der Waals surface area (Å²) in [5.74, 6) is -0.298. The topological polar surface area (TPSA) is 98.1 Å². The summed E-state index contributed by atoms with van der Waals surface area (Å²) in [6.07, 6.45) is 3.52. The molecule has 1 aromatic carbocycles. The van der Waals surface area contributed by atoms with Crippen LogP contribution in [0.3, 0.4) is 0 Å². The van der Waals surface area contributed by atoms with E-state index in [1.54, 1.807) is 24.3 Å². The summed E-state index contributed by atoms with van der Waals surface area (Å²) in [4.78, 5) is 29.3. The number of ether oxygens (including phenoxy) is 1. The number of aldehydes is 1. The van der Waals surface area contributed by atoms with Crippen LogP contribution >= 0.6 is 12.2 Å². The van der Waals surface area contributed by atoms with Gasteiger partial charge in [-0.05, 0) is 36.8 Å². The van der Waals surface area contributed by atoms with E-state index in [1.165, 1.54) is 13.2 Å². The number of methoxy groups -OCH3 is 1. The smallest absolute Gasteiger partial charge is 0.337 e. The second-order valence-electron chi connectivity index (χ2n) is 4.73. The summed E-state index contributed by atoms with van der Waals surface area (Å²) in [7, 11) is 1.32. The van der Waals surface area contributed by atoms with Crippen molar-refractivity contribution in [1.29, 1.82) is 0 Å². The largest absolute Gasteiger partial charge is 0.465 e. The Kier molecular flexibility index (Phi) is 5.02. The van der Waals surface area contributed by atoms with Crippen molar-refractivity contribution in [2.75, 3.05) is 12.8 Å². The Morgan fingerprint density at radius 3 is 2.83 bits per heavy atom. The van der Waals surface area contributed by atoms with Crippen LogP contribution in [0.15, 0.2) is 24.3 Å². The number of carbonyl (C=O) groups is 2. The van der Waals surface area contributed by atoms with Gasteiger partial charge in [0.25, 0.3) is 0 Å². The van der Waals surface area contributed by atoms with Crippen molar-refractivity contribution in [3.05, 3.63) is 45.6 Å². The van der Waals surface area contributed by atoms with Gasteiger partial charge in [0.15, 0.2) is 5.95 Å². The van der Waals surface area contributed by atoms with Gasteiger partial charge in [-0.3, -0.25) is 4.79 Å². The molecule has 0 saturated heterocycles. The number of nitrogen functional groups attached to an aromatic ring is 1. The molecule has 0 saturated carbocycles. The van der Waals surface area contributed by atoms with Gasteiger partial charge in [-0.25, -0.2) is 9.78 Å². The van der Waals surface area contributed by atoms with Gasteiger partial charge in [0.1, 0.15) is 10.9 Å². The van der Waals surface area contributed by atoms with E-state index < -0.39 is 5.97 Å². The van der Waals surface area contributed by atoms with E-state index in [0.717, 1.165) is 11.1 Å². The highest BCUT2D eigenvalue weighted by Crippen LogP contribution is 2.28. The average Bonchev–Trinajstić information content (AvgIpc) is 2.53. The number of allylic oxidation sites excluding steroid dienone is 1. The summed E-state index contributed by atoms with van der Waals surface area (Å²) in [6, 6.07) is 5.15. The number of nitrogens with two attached hydrogens (primary N) is 1. The molecule has 7 heteroatoms. The molecular formula is C16H15N3O3S. The number of H-pyrrole nitrogens is 1. The van der Waals surface area contributed by atoms with E-state index in [2.05, 4.69) is 9.97 Å². The van der Waals surface area contributed by atoms with E-state index in [9.17, 15) is 9.59 Å². The number of hydrogen-bond acceptors (Lipinski definition) is 6. The number of nitrogens with zero attached hydrogens (tertiary/aromatic N) is 1. The maximum Gasteiger partial charge on any atom is 0.337 e. The van der Waals surface area contributed by atoms with Crippen LogP contribution in [0.1, 0.15) is 21.5 Å². The quantitative estimate of drug-likeness (QED) is 0.387. The second-order valence-corrected chi connectivity index (χ2v) is 5.12. The second kappa shape index (κ2) is 6.97. The molecule has 0 aliphatic heterocycles. The minimum atomic E-state index is -0.447. The number of benzene rings is 1. The van der Waals surface area contributed by atoms with Crippen molar-refractivity contribution < 1.29 is 14.3 Å². The van der Waals surface area contributed by atoms with E-state index in [-0.39, 0.29) is 10.6 Å². The van der Waals surface area contributed by atoms with Crippen LogP contribution in [0.25, 0.3) is 17.3 Å². The molecule has 0 radical (unpaired) electrons. The Bertz CT molecular complexity index is 856. The molecule has 0 amide bonds. The third kappa shape index (κ3) is 3.51. The molecule has 6 nitrogen and oxygen atoms in total. The third-order valence-electron chi connectivity index (χ3n) is 3.24. The van der Waals surface area contributed by atoms with Gasteiger partial charge in [0, 0.05) is 11.1 Å². The lowest BCUT2D eigenvalue weighted by Crippen LogP contribution is -2.04. The van der Waals surface area contributed by atoms with Crippen LogP contribution in [0, 0.1) is 11.6 Å². The van der Waals surface area contributed by atoms with Gasteiger partial charge < -0.3 is 15.5 Å². The van der Waals surface area contributed by atoms with Crippen molar-refractivity contribution in [3.63, 3.8) is 0 Å². The van der Waals surface area contributed by atoms with Crippen LogP contribution in [-0.2, 0) is 9.53 Å². The number of aromatic amines is 1. The Hall–Kier alpha value is -2.80. The van der Waals surface area contributed by atoms with Gasteiger partial charge in [-0.1, -0.05) is 18.3 Å². The van der Waals surface area contributed by atoms with E-state index >= 15 is 0 Å². The summed E-state index contributed by atoms with van der Waals surface area (Å²) in [6.45, 7) is 1.89. The molecule has 0 aliphatic carbocycles. The number of hydrogen-bond donors (Lipinski definition) is 2. The molecule has 23 heavy (non-hydrogen) atoms. The number of anilines is 1. The van der Waals surface area contributed by atoms with Gasteiger partial charge >= 0.3 is 5.97 Å². The highest BCUT2D eigenvalue weighted by atomic mass is 32.1. The van der Waals surface area contributed by atoms with E-state index in [0.29, 0.717) is 23.1 Å². The third-order valence-corrected chi connectivity index (χ3v) is 3.56. The summed E-state index contributed by atoms with van der Waals surface area (Å²) in [5, 5.41) is 0. The molecule has 1 heterocycles. The Balaban J connectivity index is 2.75. The van der Waals surface area contributed by atoms with Crippen LogP contribution in [-0.4, -0.2) is 29.3 Å². The normalized spacial score (nSPS) is 10.7. The minimum Gasteiger partial charge on any atom is -0.465 e. The van der Waals surface area contributed by atoms with E-state index in [4.69, 9.17) is 22.7 Å². The van der Waals surface area contributed by atoms with Crippen molar-refractivity contribution in [1.82, 2.24) is 9.97 Å². The summed E-state index contributed by atoms with van der Waals surface area (Å²) in [5.41, 5.74) is 8.90. The molecule has 118 valence electrons. The molecule has 0 fully saturated rings. The Morgan fingerprint density at radius 2 is 2.17 bits per heavy atom. The fraction of sp³-hybridized carbons (Fsp3) is 0.125. The number of aromatic nitrogens is 2. The van der Waals surface area contributed by atoms with Crippen LogP contribution in [0.2, 0.25) is 0 Å². The van der Waals surface area contributed by atoms with Gasteiger partial charge in [-0.2, -0.15) is 0 Å². The fourth-order valence-electron chi connectivity index (χ4n) is 2.14. The molecule has 0 spiro atoms. The molecule has 2 aromatic rings. The minimum absolute atomic E-state index is 0.149. The number of esters is 1. The predicted octanol–water partition coefficient (Wildman–Crippen LogP) is 2.70. The first-order chi connectivity index (χ1) is 11.0. The molecule has 1 aromatic heterocycles. The first kappa shape index (κ1) is 16.6. The predicted molar refractivity (Wildman–Crippen MR) is 90.4 cm³/mol. The zero-order valence-electron chi connectivity index (χ0n) is 12.6. The zero-order chi connectivity index (χ0) is 17.0. The highest BCUT2D eigenvalue weighted by Gasteiger charge is 2.14. The van der Waals surface area contributed by atoms with Gasteiger partial charge in [-0.15, -0.1) is 0 Å². The van der Waals surface area contributed by atoms with E-state index in [1.807, 2.05) is 6.92 Å². The number of aryl methyl sites for hydroxylation is 1. The maximum absolute atomic E-state index is 11.7. The van der Waals surface area contributed by atoms with Crippen molar-refractivity contribution in [3.8, 4) is 11.3 Å². The first-order valence-corrected chi connectivity index (χ1v) is 7.09. The molecule has 0 atom stereocenters. The Morgan fingerprint density at radius 1 is 1.43 bits per heavy atom. The fourth-order valence-corrected chi connectivity index (χ4v) is 2.41. The van der Waals surface area contributed by atoms with Crippen LogP contribution in [0.4, 0.5) is 5.95 Å². The molecule has 0 bridgehead atoms. The van der Waals surface area contributed by atoms with Crippen LogP contribution in [0.5, 0.6) is 0 Å². The molecular weight excluding hydrogens is 314 g/mol. The molecule has 3 N–H and O–H groups in total.